The van der Waals surface area contributed by atoms with Crippen molar-refractivity contribution in [3.05, 3.63) is 24.0 Å². The lowest BCUT2D eigenvalue weighted by Gasteiger charge is -2.45. The highest BCUT2D eigenvalue weighted by Crippen LogP contribution is 2.35. The van der Waals surface area contributed by atoms with Gasteiger partial charge in [-0.2, -0.15) is 0 Å². The van der Waals surface area contributed by atoms with Crippen molar-refractivity contribution in [3.63, 3.8) is 0 Å². The highest BCUT2D eigenvalue weighted by Gasteiger charge is 2.41. The number of likely N-dealkylation sites (tertiary alicyclic amines) is 1. The molecule has 0 saturated carbocycles. The van der Waals surface area contributed by atoms with E-state index in [-0.39, 0.29) is 6.61 Å². The third kappa shape index (κ3) is 3.73. The number of rotatable bonds is 6. The van der Waals surface area contributed by atoms with E-state index in [4.69, 9.17) is 4.74 Å². The smallest absolute Gasteiger partial charge is 0.122 e. The van der Waals surface area contributed by atoms with E-state index >= 15 is 0 Å². The SMILES string of the molecule is CCC[C@@]1(CO)CN(Cc2cc(OC)ccn2)CC[C@H]1O. The lowest BCUT2D eigenvalue weighted by molar-refractivity contribution is -0.0822. The molecular formula is C16H26N2O3. The molecule has 1 aliphatic rings. The topological polar surface area (TPSA) is 65.8 Å². The van der Waals surface area contributed by atoms with Gasteiger partial charge >= 0.3 is 0 Å². The van der Waals surface area contributed by atoms with Crippen molar-refractivity contribution >= 4 is 0 Å². The lowest BCUT2D eigenvalue weighted by Crippen LogP contribution is -2.53. The Labute approximate surface area is 126 Å². The van der Waals surface area contributed by atoms with E-state index in [1.807, 2.05) is 12.1 Å². The van der Waals surface area contributed by atoms with Crippen LogP contribution in [0.25, 0.3) is 0 Å². The van der Waals surface area contributed by atoms with Crippen molar-refractivity contribution in [2.24, 2.45) is 5.41 Å². The molecule has 5 nitrogen and oxygen atoms in total. The normalized spacial score (nSPS) is 26.8. The Morgan fingerprint density at radius 1 is 1.52 bits per heavy atom. The minimum atomic E-state index is -0.419. The molecule has 118 valence electrons. The molecular weight excluding hydrogens is 268 g/mol. The molecule has 0 aliphatic carbocycles. The highest BCUT2D eigenvalue weighted by atomic mass is 16.5. The molecule has 0 amide bonds. The summed E-state index contributed by atoms with van der Waals surface area (Å²) in [6, 6.07) is 3.77. The lowest BCUT2D eigenvalue weighted by atomic mass is 9.74. The Bertz CT molecular complexity index is 455. The monoisotopic (exact) mass is 294 g/mol. The molecule has 0 radical (unpaired) electrons. The van der Waals surface area contributed by atoms with Gasteiger partial charge in [-0.3, -0.25) is 9.88 Å². The molecule has 1 aliphatic heterocycles. The Hall–Kier alpha value is -1.17. The predicted octanol–water partition coefficient (Wildman–Crippen LogP) is 1.44. The standard InChI is InChI=1S/C16H26N2O3/c1-3-6-16(12-19)11-18(8-5-15(16)20)10-13-9-14(21-2)4-7-17-13/h4,7,9,15,19-20H,3,5-6,8,10-12H2,1-2H3/t15-,16+/m1/s1. The molecule has 0 spiro atoms. The number of aliphatic hydroxyl groups is 2. The Kier molecular flexibility index (Phi) is 5.56. The van der Waals surface area contributed by atoms with Crippen molar-refractivity contribution in [1.82, 2.24) is 9.88 Å². The van der Waals surface area contributed by atoms with E-state index in [1.165, 1.54) is 0 Å². The number of aliphatic hydroxyl groups excluding tert-OH is 2. The highest BCUT2D eigenvalue weighted by molar-refractivity contribution is 5.22. The summed E-state index contributed by atoms with van der Waals surface area (Å²) in [5, 5.41) is 20.1. The fourth-order valence-corrected chi connectivity index (χ4v) is 3.25. The second-order valence-corrected chi connectivity index (χ2v) is 5.97. The number of nitrogens with zero attached hydrogens (tertiary/aromatic N) is 2. The van der Waals surface area contributed by atoms with Crippen LogP contribution in [0.2, 0.25) is 0 Å². The average molecular weight is 294 g/mol. The summed E-state index contributed by atoms with van der Waals surface area (Å²) in [5.41, 5.74) is 0.556. The van der Waals surface area contributed by atoms with Gasteiger partial charge in [0.1, 0.15) is 5.75 Å². The number of hydrogen-bond acceptors (Lipinski definition) is 5. The van der Waals surface area contributed by atoms with Gasteiger partial charge in [0.15, 0.2) is 0 Å². The van der Waals surface area contributed by atoms with E-state index < -0.39 is 11.5 Å². The van der Waals surface area contributed by atoms with Gasteiger partial charge < -0.3 is 14.9 Å². The Morgan fingerprint density at radius 3 is 3.00 bits per heavy atom. The van der Waals surface area contributed by atoms with Crippen LogP contribution in [-0.2, 0) is 6.54 Å². The van der Waals surface area contributed by atoms with Gasteiger partial charge in [0.25, 0.3) is 0 Å². The third-order valence-corrected chi connectivity index (χ3v) is 4.44. The fourth-order valence-electron chi connectivity index (χ4n) is 3.25. The molecule has 2 atom stereocenters. The molecule has 1 fully saturated rings. The summed E-state index contributed by atoms with van der Waals surface area (Å²) < 4.78 is 5.22. The van der Waals surface area contributed by atoms with Gasteiger partial charge in [0.05, 0.1) is 25.5 Å². The van der Waals surface area contributed by atoms with Crippen molar-refractivity contribution in [2.75, 3.05) is 26.8 Å². The molecule has 0 aromatic carbocycles. The minimum absolute atomic E-state index is 0.0318. The van der Waals surface area contributed by atoms with Gasteiger partial charge in [0, 0.05) is 37.3 Å². The van der Waals surface area contributed by atoms with E-state index in [0.29, 0.717) is 13.0 Å². The molecule has 21 heavy (non-hydrogen) atoms. The van der Waals surface area contributed by atoms with Crippen LogP contribution in [0.5, 0.6) is 5.75 Å². The number of hydrogen-bond donors (Lipinski definition) is 2. The van der Waals surface area contributed by atoms with Crippen LogP contribution in [0.15, 0.2) is 18.3 Å². The summed E-state index contributed by atoms with van der Waals surface area (Å²) in [6.45, 7) is 4.37. The van der Waals surface area contributed by atoms with Gasteiger partial charge in [-0.1, -0.05) is 13.3 Å². The van der Waals surface area contributed by atoms with E-state index in [1.54, 1.807) is 13.3 Å². The van der Waals surface area contributed by atoms with Crippen molar-refractivity contribution in [2.45, 2.75) is 38.8 Å². The van der Waals surface area contributed by atoms with E-state index in [0.717, 1.165) is 37.4 Å². The number of piperidine rings is 1. The van der Waals surface area contributed by atoms with Gasteiger partial charge in [-0.15, -0.1) is 0 Å². The van der Waals surface area contributed by atoms with Crippen molar-refractivity contribution in [3.8, 4) is 5.75 Å². The fraction of sp³-hybridized carbons (Fsp3) is 0.688. The van der Waals surface area contributed by atoms with Crippen molar-refractivity contribution in [1.29, 1.82) is 0 Å². The molecule has 5 heteroatoms. The number of aromatic nitrogens is 1. The maximum atomic E-state index is 10.3. The zero-order valence-electron chi connectivity index (χ0n) is 13.0. The first kappa shape index (κ1) is 16.2. The molecule has 0 unspecified atom stereocenters. The second-order valence-electron chi connectivity index (χ2n) is 5.97. The molecule has 2 heterocycles. The van der Waals surface area contributed by atoms with Crippen LogP contribution >= 0.6 is 0 Å². The zero-order chi connectivity index (χ0) is 15.3. The van der Waals surface area contributed by atoms with Gasteiger partial charge in [-0.05, 0) is 18.9 Å². The summed E-state index contributed by atoms with van der Waals surface area (Å²) in [6.07, 6.45) is 3.83. The summed E-state index contributed by atoms with van der Waals surface area (Å²) in [4.78, 5) is 6.64. The molecule has 2 N–H and O–H groups in total. The van der Waals surface area contributed by atoms with Crippen LogP contribution in [0.4, 0.5) is 0 Å². The van der Waals surface area contributed by atoms with E-state index in [2.05, 4.69) is 16.8 Å². The molecule has 1 saturated heterocycles. The maximum Gasteiger partial charge on any atom is 0.122 e. The first-order chi connectivity index (χ1) is 10.1. The van der Waals surface area contributed by atoms with Crippen LogP contribution in [0.3, 0.4) is 0 Å². The quantitative estimate of drug-likeness (QED) is 0.831. The number of pyridine rings is 1. The molecule has 1 aromatic heterocycles. The zero-order valence-corrected chi connectivity index (χ0v) is 13.0. The van der Waals surface area contributed by atoms with Crippen molar-refractivity contribution < 1.29 is 14.9 Å². The number of ether oxygens (including phenoxy) is 1. The van der Waals surface area contributed by atoms with Crippen LogP contribution in [0, 0.1) is 5.41 Å². The van der Waals surface area contributed by atoms with Crippen LogP contribution in [-0.4, -0.2) is 53.0 Å². The Balaban J connectivity index is 2.07. The van der Waals surface area contributed by atoms with Gasteiger partial charge in [-0.25, -0.2) is 0 Å². The first-order valence-corrected chi connectivity index (χ1v) is 7.63. The summed E-state index contributed by atoms with van der Waals surface area (Å²) in [5.74, 6) is 0.805. The summed E-state index contributed by atoms with van der Waals surface area (Å²) >= 11 is 0. The Morgan fingerprint density at radius 2 is 2.33 bits per heavy atom. The average Bonchev–Trinajstić information content (AvgIpc) is 2.51. The van der Waals surface area contributed by atoms with Gasteiger partial charge in [0.2, 0.25) is 0 Å². The minimum Gasteiger partial charge on any atom is -0.497 e. The molecule has 2 rings (SSSR count). The second kappa shape index (κ2) is 7.20. The summed E-state index contributed by atoms with van der Waals surface area (Å²) in [7, 11) is 1.65. The molecule has 1 aromatic rings. The largest absolute Gasteiger partial charge is 0.497 e. The third-order valence-electron chi connectivity index (χ3n) is 4.44. The maximum absolute atomic E-state index is 10.3. The van der Waals surface area contributed by atoms with Crippen LogP contribution < -0.4 is 4.74 Å². The predicted molar refractivity (Wildman–Crippen MR) is 81.1 cm³/mol. The first-order valence-electron chi connectivity index (χ1n) is 7.63. The van der Waals surface area contributed by atoms with Crippen LogP contribution in [0.1, 0.15) is 31.9 Å². The van der Waals surface area contributed by atoms with E-state index in [9.17, 15) is 10.2 Å². The molecule has 0 bridgehead atoms. The number of methoxy groups -OCH3 is 1.